The number of para-hydroxylation sites is 1. The number of benzene rings is 2. The van der Waals surface area contributed by atoms with E-state index < -0.39 is 6.61 Å². The monoisotopic (exact) mass is 305 g/mol. The third-order valence-corrected chi connectivity index (χ3v) is 3.68. The zero-order valence-corrected chi connectivity index (χ0v) is 13.0. The highest BCUT2D eigenvalue weighted by atomic mass is 19.3. The molecule has 2 aromatic rings. The van der Waals surface area contributed by atoms with Gasteiger partial charge in [0.15, 0.2) is 0 Å². The van der Waals surface area contributed by atoms with Crippen molar-refractivity contribution in [2.45, 2.75) is 39.5 Å². The Hall–Kier alpha value is -1.94. The summed E-state index contributed by atoms with van der Waals surface area (Å²) < 4.78 is 29.6. The minimum Gasteiger partial charge on any atom is -0.434 e. The molecule has 2 unspecified atom stereocenters. The Morgan fingerprint density at radius 1 is 0.909 bits per heavy atom. The highest BCUT2D eigenvalue weighted by Crippen LogP contribution is 2.28. The quantitative estimate of drug-likeness (QED) is 0.810. The fourth-order valence-electron chi connectivity index (χ4n) is 2.46. The lowest BCUT2D eigenvalue weighted by atomic mass is 10.0. The molecule has 1 N–H and O–H groups in total. The summed E-state index contributed by atoms with van der Waals surface area (Å²) in [5.41, 5.74) is 3.09. The lowest BCUT2D eigenvalue weighted by Gasteiger charge is -2.22. The normalized spacial score (nSPS) is 13.9. The zero-order chi connectivity index (χ0) is 16.1. The fourth-order valence-corrected chi connectivity index (χ4v) is 2.46. The average Bonchev–Trinajstić information content (AvgIpc) is 2.47. The van der Waals surface area contributed by atoms with Gasteiger partial charge in [0, 0.05) is 17.6 Å². The molecule has 4 heteroatoms. The second-order valence-electron chi connectivity index (χ2n) is 5.44. The smallest absolute Gasteiger partial charge is 0.387 e. The Morgan fingerprint density at radius 3 is 2.18 bits per heavy atom. The van der Waals surface area contributed by atoms with E-state index in [0.29, 0.717) is 0 Å². The van der Waals surface area contributed by atoms with E-state index in [1.165, 1.54) is 5.56 Å². The van der Waals surface area contributed by atoms with E-state index in [2.05, 4.69) is 41.2 Å². The van der Waals surface area contributed by atoms with Crippen LogP contribution in [0.5, 0.6) is 5.75 Å². The van der Waals surface area contributed by atoms with E-state index in [1.54, 1.807) is 18.2 Å². The van der Waals surface area contributed by atoms with Crippen molar-refractivity contribution in [1.82, 2.24) is 5.32 Å². The van der Waals surface area contributed by atoms with Crippen molar-refractivity contribution in [3.05, 3.63) is 65.2 Å². The summed E-state index contributed by atoms with van der Waals surface area (Å²) in [4.78, 5) is 0. The van der Waals surface area contributed by atoms with E-state index in [9.17, 15) is 8.78 Å². The van der Waals surface area contributed by atoms with Crippen LogP contribution >= 0.6 is 0 Å². The van der Waals surface area contributed by atoms with Gasteiger partial charge in [0.1, 0.15) is 5.75 Å². The van der Waals surface area contributed by atoms with Crippen LogP contribution in [0.2, 0.25) is 0 Å². The van der Waals surface area contributed by atoms with Crippen LogP contribution in [0.3, 0.4) is 0 Å². The van der Waals surface area contributed by atoms with Gasteiger partial charge in [-0.15, -0.1) is 0 Å². The molecule has 2 atom stereocenters. The highest BCUT2D eigenvalue weighted by molar-refractivity contribution is 5.36. The van der Waals surface area contributed by atoms with Crippen molar-refractivity contribution in [3.63, 3.8) is 0 Å². The summed E-state index contributed by atoms with van der Waals surface area (Å²) in [5.74, 6) is 0.216. The van der Waals surface area contributed by atoms with E-state index in [4.69, 9.17) is 0 Å². The van der Waals surface area contributed by atoms with Crippen molar-refractivity contribution in [2.24, 2.45) is 0 Å². The van der Waals surface area contributed by atoms with Gasteiger partial charge in [-0.1, -0.05) is 48.0 Å². The van der Waals surface area contributed by atoms with Crippen LogP contribution in [-0.4, -0.2) is 6.61 Å². The molecule has 118 valence electrons. The second kappa shape index (κ2) is 7.36. The number of hydrogen-bond donors (Lipinski definition) is 1. The van der Waals surface area contributed by atoms with E-state index in [1.807, 2.05) is 19.9 Å². The maximum absolute atomic E-state index is 12.5. The molecule has 0 aliphatic carbocycles. The number of ether oxygens (including phenoxy) is 1. The molecule has 0 saturated carbocycles. The molecule has 0 aliphatic heterocycles. The van der Waals surface area contributed by atoms with Crippen molar-refractivity contribution < 1.29 is 13.5 Å². The van der Waals surface area contributed by atoms with Crippen LogP contribution in [-0.2, 0) is 0 Å². The summed E-state index contributed by atoms with van der Waals surface area (Å²) in [7, 11) is 0. The van der Waals surface area contributed by atoms with Crippen molar-refractivity contribution in [1.29, 1.82) is 0 Å². The van der Waals surface area contributed by atoms with Gasteiger partial charge < -0.3 is 10.1 Å². The minimum absolute atomic E-state index is 0.105. The second-order valence-corrected chi connectivity index (χ2v) is 5.44. The number of rotatable bonds is 6. The number of nitrogens with one attached hydrogen (secondary N) is 1. The minimum atomic E-state index is -2.82. The standard InChI is InChI=1S/C18H21F2NO/c1-12-8-10-15(11-9-12)13(2)21-14(3)16-6-4-5-7-17(16)22-18(19)20/h4-11,13-14,18,21H,1-3H3. The van der Waals surface area contributed by atoms with Gasteiger partial charge in [-0.2, -0.15) is 8.78 Å². The summed E-state index contributed by atoms with van der Waals surface area (Å²) in [6.07, 6.45) is 0. The van der Waals surface area contributed by atoms with Gasteiger partial charge in [-0.3, -0.25) is 0 Å². The summed E-state index contributed by atoms with van der Waals surface area (Å²) >= 11 is 0. The number of aryl methyl sites for hydroxylation is 1. The molecular formula is C18H21F2NO. The summed E-state index contributed by atoms with van der Waals surface area (Å²) in [6, 6.07) is 15.1. The zero-order valence-electron chi connectivity index (χ0n) is 13.0. The van der Waals surface area contributed by atoms with Crippen molar-refractivity contribution >= 4 is 0 Å². The summed E-state index contributed by atoms with van der Waals surface area (Å²) in [5, 5.41) is 3.42. The first-order valence-corrected chi connectivity index (χ1v) is 7.33. The number of halogens is 2. The molecule has 0 fully saturated rings. The van der Waals surface area contributed by atoms with E-state index in [-0.39, 0.29) is 17.8 Å². The molecule has 22 heavy (non-hydrogen) atoms. The van der Waals surface area contributed by atoms with Crippen LogP contribution in [0.15, 0.2) is 48.5 Å². The van der Waals surface area contributed by atoms with Crippen LogP contribution in [0.1, 0.15) is 42.6 Å². The van der Waals surface area contributed by atoms with Gasteiger partial charge in [0.05, 0.1) is 0 Å². The van der Waals surface area contributed by atoms with Gasteiger partial charge in [0.2, 0.25) is 0 Å². The Bertz CT molecular complexity index is 598. The van der Waals surface area contributed by atoms with Gasteiger partial charge >= 0.3 is 6.61 Å². The molecule has 0 amide bonds. The molecule has 0 radical (unpaired) electrons. The van der Waals surface area contributed by atoms with Gasteiger partial charge in [-0.05, 0) is 32.4 Å². The molecule has 0 bridgehead atoms. The molecule has 2 rings (SSSR count). The Morgan fingerprint density at radius 2 is 1.55 bits per heavy atom. The molecule has 0 saturated heterocycles. The predicted octanol–water partition coefficient (Wildman–Crippen LogP) is 5.01. The highest BCUT2D eigenvalue weighted by Gasteiger charge is 2.16. The van der Waals surface area contributed by atoms with Gasteiger partial charge in [0.25, 0.3) is 0 Å². The molecule has 0 spiro atoms. The topological polar surface area (TPSA) is 21.3 Å². The van der Waals surface area contributed by atoms with Crippen LogP contribution < -0.4 is 10.1 Å². The maximum Gasteiger partial charge on any atom is 0.387 e. The predicted molar refractivity (Wildman–Crippen MR) is 84.2 cm³/mol. The third-order valence-electron chi connectivity index (χ3n) is 3.68. The Kier molecular flexibility index (Phi) is 5.50. The molecule has 2 nitrogen and oxygen atoms in total. The molecule has 0 aliphatic rings. The first-order chi connectivity index (χ1) is 10.5. The Labute approximate surface area is 130 Å². The van der Waals surface area contributed by atoms with Gasteiger partial charge in [-0.25, -0.2) is 0 Å². The van der Waals surface area contributed by atoms with Crippen LogP contribution in [0.25, 0.3) is 0 Å². The first kappa shape index (κ1) is 16.4. The molecule has 0 heterocycles. The largest absolute Gasteiger partial charge is 0.434 e. The van der Waals surface area contributed by atoms with Crippen molar-refractivity contribution in [2.75, 3.05) is 0 Å². The number of alkyl halides is 2. The summed E-state index contributed by atoms with van der Waals surface area (Å²) in [6.45, 7) is 3.22. The fraction of sp³-hybridized carbons (Fsp3) is 0.333. The lowest BCUT2D eigenvalue weighted by molar-refractivity contribution is -0.0506. The van der Waals surface area contributed by atoms with E-state index >= 15 is 0 Å². The first-order valence-electron chi connectivity index (χ1n) is 7.33. The third kappa shape index (κ3) is 4.28. The molecular weight excluding hydrogens is 284 g/mol. The average molecular weight is 305 g/mol. The molecule has 0 aromatic heterocycles. The van der Waals surface area contributed by atoms with Crippen LogP contribution in [0.4, 0.5) is 8.78 Å². The Balaban J connectivity index is 2.11. The van der Waals surface area contributed by atoms with E-state index in [0.717, 1.165) is 11.1 Å². The lowest BCUT2D eigenvalue weighted by Crippen LogP contribution is -2.23. The van der Waals surface area contributed by atoms with Crippen molar-refractivity contribution in [3.8, 4) is 5.75 Å². The SMILES string of the molecule is Cc1ccc(C(C)NC(C)c2ccccc2OC(F)F)cc1. The molecule has 2 aromatic carbocycles. The van der Waals surface area contributed by atoms with Crippen LogP contribution in [0, 0.1) is 6.92 Å². The number of hydrogen-bond acceptors (Lipinski definition) is 2. The maximum atomic E-state index is 12.5.